The number of nitrogens with two attached hydrogens (primary N) is 1. The molecule has 0 aromatic carbocycles. The summed E-state index contributed by atoms with van der Waals surface area (Å²) in [7, 11) is 0. The SMILES string of the molecule is CC(C)CC1CCCC(NCCNC(N)=O)C1. The van der Waals surface area contributed by atoms with E-state index in [9.17, 15) is 4.79 Å². The Balaban J connectivity index is 2.14. The van der Waals surface area contributed by atoms with Crippen LogP contribution >= 0.6 is 0 Å². The number of urea groups is 1. The van der Waals surface area contributed by atoms with E-state index in [2.05, 4.69) is 24.5 Å². The third-order valence-electron chi connectivity index (χ3n) is 3.44. The minimum absolute atomic E-state index is 0.437. The van der Waals surface area contributed by atoms with Crippen molar-refractivity contribution in [1.82, 2.24) is 10.6 Å². The first-order valence-corrected chi connectivity index (χ1v) is 6.84. The second-order valence-electron chi connectivity index (χ2n) is 5.60. The first-order valence-electron chi connectivity index (χ1n) is 6.84. The fourth-order valence-corrected chi connectivity index (χ4v) is 2.82. The molecule has 100 valence electrons. The van der Waals surface area contributed by atoms with Gasteiger partial charge in [0.2, 0.25) is 0 Å². The van der Waals surface area contributed by atoms with Gasteiger partial charge < -0.3 is 16.4 Å². The lowest BCUT2D eigenvalue weighted by Crippen LogP contribution is -2.40. The maximum absolute atomic E-state index is 10.5. The number of rotatable bonds is 6. The Hall–Kier alpha value is -0.770. The molecule has 1 fully saturated rings. The van der Waals surface area contributed by atoms with E-state index in [1.54, 1.807) is 0 Å². The van der Waals surface area contributed by atoms with E-state index in [0.717, 1.165) is 18.4 Å². The Morgan fingerprint density at radius 3 is 2.76 bits per heavy atom. The monoisotopic (exact) mass is 241 g/mol. The lowest BCUT2D eigenvalue weighted by Gasteiger charge is -2.30. The highest BCUT2D eigenvalue weighted by Gasteiger charge is 2.21. The van der Waals surface area contributed by atoms with Crippen LogP contribution in [0.4, 0.5) is 4.79 Å². The molecular weight excluding hydrogens is 214 g/mol. The zero-order chi connectivity index (χ0) is 12.7. The van der Waals surface area contributed by atoms with Crippen LogP contribution < -0.4 is 16.4 Å². The van der Waals surface area contributed by atoms with Gasteiger partial charge in [-0.25, -0.2) is 4.79 Å². The fraction of sp³-hybridized carbons (Fsp3) is 0.923. The van der Waals surface area contributed by atoms with E-state index >= 15 is 0 Å². The molecule has 0 radical (unpaired) electrons. The smallest absolute Gasteiger partial charge is 0.312 e. The molecule has 4 N–H and O–H groups in total. The van der Waals surface area contributed by atoms with Crippen LogP contribution in [0.1, 0.15) is 46.0 Å². The van der Waals surface area contributed by atoms with E-state index in [1.807, 2.05) is 0 Å². The van der Waals surface area contributed by atoms with Gasteiger partial charge in [0, 0.05) is 19.1 Å². The first-order chi connectivity index (χ1) is 8.08. The van der Waals surface area contributed by atoms with Gasteiger partial charge in [-0.15, -0.1) is 0 Å². The highest BCUT2D eigenvalue weighted by atomic mass is 16.2. The molecule has 4 heteroatoms. The summed E-state index contributed by atoms with van der Waals surface area (Å²) >= 11 is 0. The van der Waals surface area contributed by atoms with E-state index in [1.165, 1.54) is 32.1 Å². The Morgan fingerprint density at radius 1 is 1.35 bits per heavy atom. The minimum Gasteiger partial charge on any atom is -0.352 e. The van der Waals surface area contributed by atoms with Crippen molar-refractivity contribution in [2.45, 2.75) is 52.0 Å². The van der Waals surface area contributed by atoms with Crippen molar-refractivity contribution in [2.75, 3.05) is 13.1 Å². The average Bonchev–Trinajstić information content (AvgIpc) is 2.24. The van der Waals surface area contributed by atoms with Crippen LogP contribution in [0.25, 0.3) is 0 Å². The molecule has 1 aliphatic carbocycles. The minimum atomic E-state index is -0.437. The predicted molar refractivity (Wildman–Crippen MR) is 70.8 cm³/mol. The van der Waals surface area contributed by atoms with Crippen molar-refractivity contribution in [3.8, 4) is 0 Å². The summed E-state index contributed by atoms with van der Waals surface area (Å²) in [4.78, 5) is 10.5. The molecule has 0 saturated heterocycles. The summed E-state index contributed by atoms with van der Waals surface area (Å²) in [6.45, 7) is 6.05. The molecule has 1 rings (SSSR count). The van der Waals surface area contributed by atoms with Gasteiger partial charge in [0.25, 0.3) is 0 Å². The van der Waals surface area contributed by atoms with Crippen molar-refractivity contribution in [3.63, 3.8) is 0 Å². The van der Waals surface area contributed by atoms with Gasteiger partial charge in [0.15, 0.2) is 0 Å². The second-order valence-corrected chi connectivity index (χ2v) is 5.60. The lowest BCUT2D eigenvalue weighted by molar-refractivity contribution is 0.244. The predicted octanol–water partition coefficient (Wildman–Crippen LogP) is 1.85. The maximum Gasteiger partial charge on any atom is 0.312 e. The normalized spacial score (nSPS) is 24.9. The number of hydrogen-bond donors (Lipinski definition) is 3. The lowest BCUT2D eigenvalue weighted by atomic mass is 9.81. The molecule has 0 aromatic heterocycles. The molecule has 17 heavy (non-hydrogen) atoms. The summed E-state index contributed by atoms with van der Waals surface area (Å²) in [6, 6.07) is 0.190. The average molecular weight is 241 g/mol. The van der Waals surface area contributed by atoms with E-state index in [0.29, 0.717) is 12.6 Å². The topological polar surface area (TPSA) is 67.2 Å². The number of carbonyl (C=O) groups is 1. The molecule has 0 bridgehead atoms. The third-order valence-corrected chi connectivity index (χ3v) is 3.44. The van der Waals surface area contributed by atoms with Crippen LogP contribution in [0, 0.1) is 11.8 Å². The van der Waals surface area contributed by atoms with Gasteiger partial charge in [0.05, 0.1) is 0 Å². The molecule has 1 aliphatic rings. The van der Waals surface area contributed by atoms with Crippen molar-refractivity contribution in [2.24, 2.45) is 17.6 Å². The molecule has 4 nitrogen and oxygen atoms in total. The highest BCUT2D eigenvalue weighted by molar-refractivity contribution is 5.71. The van der Waals surface area contributed by atoms with Crippen molar-refractivity contribution < 1.29 is 4.79 Å². The number of primary amides is 1. The van der Waals surface area contributed by atoms with Crippen molar-refractivity contribution in [3.05, 3.63) is 0 Å². The Bertz CT molecular complexity index is 231. The number of hydrogen-bond acceptors (Lipinski definition) is 2. The summed E-state index contributed by atoms with van der Waals surface area (Å²) in [5, 5.41) is 6.11. The molecule has 0 aromatic rings. The highest BCUT2D eigenvalue weighted by Crippen LogP contribution is 2.29. The number of carbonyl (C=O) groups excluding carboxylic acids is 1. The quantitative estimate of drug-likeness (QED) is 0.621. The first kappa shape index (κ1) is 14.3. The summed E-state index contributed by atoms with van der Waals surface area (Å²) in [6.07, 6.45) is 6.62. The zero-order valence-corrected chi connectivity index (χ0v) is 11.2. The van der Waals surface area contributed by atoms with Crippen LogP contribution in [0.15, 0.2) is 0 Å². The van der Waals surface area contributed by atoms with Crippen LogP contribution in [0.3, 0.4) is 0 Å². The third kappa shape index (κ3) is 6.51. The van der Waals surface area contributed by atoms with Crippen LogP contribution in [-0.4, -0.2) is 25.2 Å². The molecule has 0 heterocycles. The van der Waals surface area contributed by atoms with E-state index in [-0.39, 0.29) is 0 Å². The van der Waals surface area contributed by atoms with Gasteiger partial charge in [-0.3, -0.25) is 0 Å². The van der Waals surface area contributed by atoms with Crippen LogP contribution in [0.2, 0.25) is 0 Å². The van der Waals surface area contributed by atoms with Gasteiger partial charge >= 0.3 is 6.03 Å². The maximum atomic E-state index is 10.5. The van der Waals surface area contributed by atoms with Crippen LogP contribution in [0.5, 0.6) is 0 Å². The summed E-state index contributed by atoms with van der Waals surface area (Å²) < 4.78 is 0. The second kappa shape index (κ2) is 7.54. The largest absolute Gasteiger partial charge is 0.352 e. The van der Waals surface area contributed by atoms with Gasteiger partial charge in [-0.2, -0.15) is 0 Å². The number of amides is 2. The van der Waals surface area contributed by atoms with E-state index < -0.39 is 6.03 Å². The molecule has 2 atom stereocenters. The number of nitrogens with one attached hydrogen (secondary N) is 2. The van der Waals surface area contributed by atoms with E-state index in [4.69, 9.17) is 5.73 Å². The Labute approximate surface area is 105 Å². The Kier molecular flexibility index (Phi) is 6.34. The molecule has 2 amide bonds. The summed E-state index contributed by atoms with van der Waals surface area (Å²) in [5.74, 6) is 1.68. The Morgan fingerprint density at radius 2 is 2.12 bits per heavy atom. The van der Waals surface area contributed by atoms with Crippen molar-refractivity contribution >= 4 is 6.03 Å². The molecular formula is C13H27N3O. The zero-order valence-electron chi connectivity index (χ0n) is 11.2. The molecule has 0 spiro atoms. The van der Waals surface area contributed by atoms with Gasteiger partial charge in [-0.1, -0.05) is 26.7 Å². The molecule has 2 unspecified atom stereocenters. The standard InChI is InChI=1S/C13H27N3O/c1-10(2)8-11-4-3-5-12(9-11)15-6-7-16-13(14)17/h10-12,15H,3-9H2,1-2H3,(H3,14,16,17). The van der Waals surface area contributed by atoms with Gasteiger partial charge in [0.1, 0.15) is 0 Å². The fourth-order valence-electron chi connectivity index (χ4n) is 2.82. The molecule has 0 aliphatic heterocycles. The molecule has 1 saturated carbocycles. The van der Waals surface area contributed by atoms with Crippen LogP contribution in [-0.2, 0) is 0 Å². The summed E-state index contributed by atoms with van der Waals surface area (Å²) in [5.41, 5.74) is 5.01. The van der Waals surface area contributed by atoms with Gasteiger partial charge in [-0.05, 0) is 31.1 Å². The van der Waals surface area contributed by atoms with Crippen molar-refractivity contribution in [1.29, 1.82) is 0 Å².